The first-order valence-corrected chi connectivity index (χ1v) is 12.9. The first-order chi connectivity index (χ1) is 20.6. The summed E-state index contributed by atoms with van der Waals surface area (Å²) in [4.78, 5) is 58.3. The fourth-order valence-corrected chi connectivity index (χ4v) is 4.31. The number of fused-ring (bicyclic) bond motifs is 3. The summed E-state index contributed by atoms with van der Waals surface area (Å²) in [7, 11) is 1.00. The van der Waals surface area contributed by atoms with Gasteiger partial charge in [-0.25, -0.2) is 0 Å². The van der Waals surface area contributed by atoms with Crippen molar-refractivity contribution >= 4 is 51.8 Å². The van der Waals surface area contributed by atoms with Gasteiger partial charge in [0.15, 0.2) is 0 Å². The highest BCUT2D eigenvalue weighted by atomic mass is 16.6. The minimum absolute atomic E-state index is 0.0267. The van der Waals surface area contributed by atoms with Crippen LogP contribution in [0.4, 0.5) is 5.69 Å². The van der Waals surface area contributed by atoms with Gasteiger partial charge in [0.1, 0.15) is 23.6 Å². The van der Waals surface area contributed by atoms with Crippen LogP contribution in [0, 0.1) is 10.1 Å². The molecule has 0 fully saturated rings. The molecule has 16 heteroatoms. The molecule has 0 radical (unpaired) electrons. The topological polar surface area (TPSA) is 230 Å². The molecule has 0 saturated carbocycles. The van der Waals surface area contributed by atoms with E-state index in [1.165, 1.54) is 17.0 Å². The highest BCUT2D eigenvalue weighted by molar-refractivity contribution is 6.05. The molecule has 0 spiro atoms. The van der Waals surface area contributed by atoms with Crippen LogP contribution in [0.5, 0.6) is 0 Å². The quantitative estimate of drug-likeness (QED) is 0.0650. The SMILES string of the molecule is CO.O=CCN(CCOCCOC(CN(CC(=O)O)CC(=O)O)c1cc2c(cc1[N+](=O)[O-])oc1ccccc12)CC(=O)O. The third-order valence-corrected chi connectivity index (χ3v) is 6.00. The van der Waals surface area contributed by atoms with Crippen molar-refractivity contribution in [3.63, 3.8) is 0 Å². The predicted molar refractivity (Wildman–Crippen MR) is 150 cm³/mol. The summed E-state index contributed by atoms with van der Waals surface area (Å²) in [6.45, 7) is -1.97. The molecule has 0 bridgehead atoms. The minimum atomic E-state index is -1.29. The summed E-state index contributed by atoms with van der Waals surface area (Å²) >= 11 is 0. The molecule has 1 aromatic heterocycles. The standard InChI is InChI=1S/C26H29N3O12.CH4O/c30-7-5-27(14-24(31)32)6-8-39-9-10-40-23(13-28(15-25(33)34)16-26(35)36)19-11-18-17-3-1-2-4-21(17)41-22(18)12-20(19)29(37)38;1-2/h1-4,7,11-12,23H,5-6,8-10,13-16H2,(H,31,32)(H,33,34)(H,35,36);2H,1H3. The van der Waals surface area contributed by atoms with E-state index >= 15 is 0 Å². The number of hydrogen-bond acceptors (Lipinski definition) is 12. The number of carbonyl (C=O) groups excluding carboxylic acids is 1. The van der Waals surface area contributed by atoms with Crippen molar-refractivity contribution in [2.45, 2.75) is 6.10 Å². The molecule has 0 amide bonds. The molecule has 1 atom stereocenters. The number of rotatable bonds is 19. The van der Waals surface area contributed by atoms with Gasteiger partial charge in [-0.15, -0.1) is 0 Å². The van der Waals surface area contributed by atoms with E-state index in [4.69, 9.17) is 24.1 Å². The Hall–Kier alpha value is -4.48. The zero-order valence-electron chi connectivity index (χ0n) is 23.3. The zero-order valence-corrected chi connectivity index (χ0v) is 23.3. The van der Waals surface area contributed by atoms with Crippen molar-refractivity contribution in [3.8, 4) is 0 Å². The highest BCUT2D eigenvalue weighted by Gasteiger charge is 2.29. The Labute approximate surface area is 244 Å². The Balaban J connectivity index is 0.00000316. The maximum absolute atomic E-state index is 12.0. The first-order valence-electron chi connectivity index (χ1n) is 12.9. The molecule has 0 aliphatic rings. The molecule has 2 aromatic carbocycles. The van der Waals surface area contributed by atoms with E-state index in [2.05, 4.69) is 0 Å². The Kier molecular flexibility index (Phi) is 14.1. The van der Waals surface area contributed by atoms with E-state index in [9.17, 15) is 39.5 Å². The van der Waals surface area contributed by atoms with Crippen LogP contribution in [0.25, 0.3) is 21.9 Å². The Bertz CT molecular complexity index is 1390. The molecule has 0 aliphatic carbocycles. The van der Waals surface area contributed by atoms with Gasteiger partial charge in [-0.1, -0.05) is 18.2 Å². The number of aliphatic hydroxyl groups is 1. The minimum Gasteiger partial charge on any atom is -0.480 e. The third-order valence-electron chi connectivity index (χ3n) is 6.00. The molecule has 4 N–H and O–H groups in total. The average Bonchev–Trinajstić information content (AvgIpc) is 3.31. The molecular formula is C27H33N3O13. The number of carbonyl (C=O) groups is 4. The van der Waals surface area contributed by atoms with Crippen molar-refractivity contribution in [1.29, 1.82) is 0 Å². The van der Waals surface area contributed by atoms with E-state index in [1.54, 1.807) is 24.3 Å². The molecule has 0 saturated heterocycles. The van der Waals surface area contributed by atoms with Gasteiger partial charge >= 0.3 is 17.9 Å². The monoisotopic (exact) mass is 607 g/mol. The number of aliphatic hydroxyl groups excluding tert-OH is 1. The molecule has 16 nitrogen and oxygen atoms in total. The second kappa shape index (κ2) is 17.5. The molecular weight excluding hydrogens is 574 g/mol. The lowest BCUT2D eigenvalue weighted by Crippen LogP contribution is -2.38. The molecule has 234 valence electrons. The number of carboxylic acids is 3. The van der Waals surface area contributed by atoms with Crippen LogP contribution in [0.15, 0.2) is 40.8 Å². The van der Waals surface area contributed by atoms with Crippen LogP contribution in [0.3, 0.4) is 0 Å². The number of nitro groups is 1. The number of para-hydroxylation sites is 1. The van der Waals surface area contributed by atoms with E-state index in [-0.39, 0.29) is 62.8 Å². The van der Waals surface area contributed by atoms with Crippen LogP contribution in [-0.4, -0.2) is 126 Å². The lowest BCUT2D eigenvalue weighted by Gasteiger charge is -2.25. The average molecular weight is 608 g/mol. The summed E-state index contributed by atoms with van der Waals surface area (Å²) in [6, 6.07) is 9.79. The number of ether oxygens (including phenoxy) is 2. The Morgan fingerprint density at radius 2 is 1.56 bits per heavy atom. The normalized spacial score (nSPS) is 11.8. The van der Waals surface area contributed by atoms with E-state index in [0.29, 0.717) is 22.6 Å². The maximum Gasteiger partial charge on any atom is 0.317 e. The number of benzene rings is 2. The summed E-state index contributed by atoms with van der Waals surface area (Å²) in [5, 5.41) is 47.8. The Morgan fingerprint density at radius 3 is 2.16 bits per heavy atom. The number of aliphatic carboxylic acids is 3. The molecule has 43 heavy (non-hydrogen) atoms. The number of furan rings is 1. The van der Waals surface area contributed by atoms with Crippen LogP contribution in [0.1, 0.15) is 11.7 Å². The number of nitrogens with zero attached hydrogens (tertiary/aromatic N) is 3. The van der Waals surface area contributed by atoms with Crippen LogP contribution in [-0.2, 0) is 28.7 Å². The fourth-order valence-electron chi connectivity index (χ4n) is 4.31. The largest absolute Gasteiger partial charge is 0.480 e. The van der Waals surface area contributed by atoms with Crippen molar-refractivity contribution in [2.75, 3.05) is 66.2 Å². The van der Waals surface area contributed by atoms with Crippen molar-refractivity contribution in [1.82, 2.24) is 9.80 Å². The van der Waals surface area contributed by atoms with Gasteiger partial charge in [0, 0.05) is 31.0 Å². The highest BCUT2D eigenvalue weighted by Crippen LogP contribution is 2.37. The van der Waals surface area contributed by atoms with Gasteiger partial charge < -0.3 is 39.1 Å². The molecule has 1 unspecified atom stereocenters. The van der Waals surface area contributed by atoms with Crippen LogP contribution >= 0.6 is 0 Å². The van der Waals surface area contributed by atoms with Crippen molar-refractivity contribution in [3.05, 3.63) is 52.1 Å². The fraction of sp³-hybridized carbons (Fsp3) is 0.407. The van der Waals surface area contributed by atoms with Gasteiger partial charge in [-0.2, -0.15) is 0 Å². The summed E-state index contributed by atoms with van der Waals surface area (Å²) in [5.74, 6) is -3.69. The first kappa shape index (κ1) is 34.7. The molecule has 3 rings (SSSR count). The molecule has 0 aliphatic heterocycles. The maximum atomic E-state index is 12.0. The van der Waals surface area contributed by atoms with E-state index in [1.807, 2.05) is 0 Å². The lowest BCUT2D eigenvalue weighted by atomic mass is 10.0. The Morgan fingerprint density at radius 1 is 0.930 bits per heavy atom. The number of carboxylic acid groups (broad SMARTS) is 3. The lowest BCUT2D eigenvalue weighted by molar-refractivity contribution is -0.386. The smallest absolute Gasteiger partial charge is 0.317 e. The third kappa shape index (κ3) is 10.7. The number of aldehydes is 1. The van der Waals surface area contributed by atoms with Gasteiger partial charge in [-0.05, 0) is 12.1 Å². The van der Waals surface area contributed by atoms with Crippen molar-refractivity contribution in [2.24, 2.45) is 0 Å². The van der Waals surface area contributed by atoms with Gasteiger partial charge in [0.25, 0.3) is 5.69 Å². The van der Waals surface area contributed by atoms with Gasteiger partial charge in [-0.3, -0.25) is 34.3 Å². The second-order valence-corrected chi connectivity index (χ2v) is 8.99. The predicted octanol–water partition coefficient (Wildman–Crippen LogP) is 1.23. The number of hydrogen-bond donors (Lipinski definition) is 4. The van der Waals surface area contributed by atoms with Gasteiger partial charge in [0.05, 0.1) is 62.6 Å². The van der Waals surface area contributed by atoms with E-state index in [0.717, 1.165) is 12.0 Å². The van der Waals surface area contributed by atoms with Gasteiger partial charge in [0.2, 0.25) is 0 Å². The molecule has 1 heterocycles. The summed E-state index contributed by atoms with van der Waals surface area (Å²) in [6.07, 6.45) is -0.557. The van der Waals surface area contributed by atoms with Crippen LogP contribution in [0.2, 0.25) is 0 Å². The van der Waals surface area contributed by atoms with Crippen LogP contribution < -0.4 is 0 Å². The summed E-state index contributed by atoms with van der Waals surface area (Å²) < 4.78 is 17.2. The second-order valence-electron chi connectivity index (χ2n) is 8.99. The summed E-state index contributed by atoms with van der Waals surface area (Å²) in [5.41, 5.74) is 0.502. The van der Waals surface area contributed by atoms with Crippen molar-refractivity contribution < 1.29 is 58.4 Å². The zero-order chi connectivity index (χ0) is 31.9. The molecule has 3 aromatic rings. The van der Waals surface area contributed by atoms with E-state index < -0.39 is 42.0 Å². The number of nitro benzene ring substituents is 1.